The van der Waals surface area contributed by atoms with Gasteiger partial charge in [0, 0.05) is 48.7 Å². The Labute approximate surface area is 157 Å². The van der Waals surface area contributed by atoms with Crippen LogP contribution in [0.15, 0.2) is 48.5 Å². The molecular weight excluding hydrogens is 324 g/mol. The Kier molecular flexibility index (Phi) is 9.77. The Morgan fingerprint density at radius 2 is 0.846 bits per heavy atom. The zero-order valence-corrected chi connectivity index (χ0v) is 16.3. The first-order chi connectivity index (χ1) is 12.6. The van der Waals surface area contributed by atoms with Crippen LogP contribution < -0.4 is 9.80 Å². The van der Waals surface area contributed by atoms with Gasteiger partial charge in [0.05, 0.1) is 0 Å². The lowest BCUT2D eigenvalue weighted by Gasteiger charge is -2.20. The first-order valence-corrected chi connectivity index (χ1v) is 9.23. The van der Waals surface area contributed by atoms with E-state index in [1.165, 1.54) is 11.4 Å². The van der Waals surface area contributed by atoms with Crippen molar-refractivity contribution in [2.24, 2.45) is 0 Å². The maximum atomic E-state index is 10.4. The van der Waals surface area contributed by atoms with Gasteiger partial charge in [-0.2, -0.15) is 0 Å². The van der Waals surface area contributed by atoms with Gasteiger partial charge in [0.2, 0.25) is 0 Å². The van der Waals surface area contributed by atoms with E-state index in [0.29, 0.717) is 0 Å². The van der Waals surface area contributed by atoms with Gasteiger partial charge in [-0.3, -0.25) is 9.59 Å². The number of carbonyl (C=O) groups is 2. The SMILES string of the molecule is CCN(CC)c1ccc(C=O)cc1.CCN(CC)c1ccc(C=O)cc1. The zero-order chi connectivity index (χ0) is 19.4. The smallest absolute Gasteiger partial charge is 0.150 e. The second-order valence-electron chi connectivity index (χ2n) is 5.76. The molecule has 0 saturated carbocycles. The maximum Gasteiger partial charge on any atom is 0.150 e. The largest absolute Gasteiger partial charge is 0.372 e. The number of hydrogen-bond donors (Lipinski definition) is 0. The number of benzene rings is 2. The second kappa shape index (κ2) is 11.9. The minimum atomic E-state index is 0.732. The highest BCUT2D eigenvalue weighted by Gasteiger charge is 2.01. The van der Waals surface area contributed by atoms with Gasteiger partial charge in [-0.05, 0) is 76.2 Å². The summed E-state index contributed by atoms with van der Waals surface area (Å²) in [5.41, 5.74) is 3.82. The van der Waals surface area contributed by atoms with E-state index < -0.39 is 0 Å². The molecule has 4 heteroatoms. The van der Waals surface area contributed by atoms with Gasteiger partial charge in [-0.15, -0.1) is 0 Å². The molecule has 0 fully saturated rings. The molecule has 26 heavy (non-hydrogen) atoms. The summed E-state index contributed by atoms with van der Waals surface area (Å²) in [5, 5.41) is 0. The molecule has 0 amide bonds. The highest BCUT2D eigenvalue weighted by molar-refractivity contribution is 5.76. The Balaban J connectivity index is 0.000000260. The van der Waals surface area contributed by atoms with Gasteiger partial charge in [-0.1, -0.05) is 0 Å². The van der Waals surface area contributed by atoms with Crippen LogP contribution in [-0.4, -0.2) is 38.8 Å². The number of anilines is 2. The summed E-state index contributed by atoms with van der Waals surface area (Å²) < 4.78 is 0. The molecule has 0 aromatic heterocycles. The molecule has 0 N–H and O–H groups in total. The average molecular weight is 354 g/mol. The third-order valence-corrected chi connectivity index (χ3v) is 4.32. The number of nitrogens with zero attached hydrogens (tertiary/aromatic N) is 2. The molecule has 2 aromatic carbocycles. The molecule has 2 aromatic rings. The van der Waals surface area contributed by atoms with Crippen LogP contribution in [0.4, 0.5) is 11.4 Å². The van der Waals surface area contributed by atoms with Crippen LogP contribution in [-0.2, 0) is 0 Å². The molecule has 0 spiro atoms. The van der Waals surface area contributed by atoms with Gasteiger partial charge in [0.25, 0.3) is 0 Å². The summed E-state index contributed by atoms with van der Waals surface area (Å²) in [6.45, 7) is 12.5. The Morgan fingerprint density at radius 1 is 0.577 bits per heavy atom. The quantitative estimate of drug-likeness (QED) is 0.645. The summed E-state index contributed by atoms with van der Waals surface area (Å²) in [5.74, 6) is 0. The van der Waals surface area contributed by atoms with E-state index in [9.17, 15) is 9.59 Å². The topological polar surface area (TPSA) is 40.6 Å². The Bertz CT molecular complexity index is 583. The summed E-state index contributed by atoms with van der Waals surface area (Å²) in [4.78, 5) is 25.3. The molecule has 0 radical (unpaired) electrons. The highest BCUT2D eigenvalue weighted by atomic mass is 16.1. The summed E-state index contributed by atoms with van der Waals surface area (Å²) in [7, 11) is 0. The molecule has 0 aliphatic carbocycles. The van der Waals surface area contributed by atoms with E-state index in [1.54, 1.807) is 0 Å². The molecule has 0 atom stereocenters. The van der Waals surface area contributed by atoms with E-state index in [0.717, 1.165) is 49.9 Å². The third-order valence-electron chi connectivity index (χ3n) is 4.32. The van der Waals surface area contributed by atoms with Gasteiger partial charge < -0.3 is 9.80 Å². The molecule has 0 bridgehead atoms. The molecule has 4 nitrogen and oxygen atoms in total. The number of carbonyl (C=O) groups excluding carboxylic acids is 2. The van der Waals surface area contributed by atoms with Crippen molar-refractivity contribution in [3.63, 3.8) is 0 Å². The van der Waals surface area contributed by atoms with Crippen LogP contribution in [0.1, 0.15) is 48.4 Å². The van der Waals surface area contributed by atoms with Crippen molar-refractivity contribution in [3.05, 3.63) is 59.7 Å². The van der Waals surface area contributed by atoms with E-state index >= 15 is 0 Å². The van der Waals surface area contributed by atoms with Crippen molar-refractivity contribution >= 4 is 23.9 Å². The monoisotopic (exact) mass is 354 g/mol. The third kappa shape index (κ3) is 6.36. The van der Waals surface area contributed by atoms with E-state index in [-0.39, 0.29) is 0 Å². The van der Waals surface area contributed by atoms with Gasteiger partial charge in [-0.25, -0.2) is 0 Å². The lowest BCUT2D eigenvalue weighted by molar-refractivity contribution is 0.111. The molecular formula is C22H30N2O2. The van der Waals surface area contributed by atoms with Gasteiger partial charge in [0.1, 0.15) is 12.6 Å². The predicted octanol–water partition coefficient (Wildman–Crippen LogP) is 4.69. The first kappa shape index (κ1) is 21.4. The van der Waals surface area contributed by atoms with E-state index in [4.69, 9.17) is 0 Å². The fourth-order valence-corrected chi connectivity index (χ4v) is 2.70. The van der Waals surface area contributed by atoms with Crippen LogP contribution >= 0.6 is 0 Å². The van der Waals surface area contributed by atoms with Gasteiger partial charge >= 0.3 is 0 Å². The Hall–Kier alpha value is -2.62. The molecule has 0 unspecified atom stereocenters. The first-order valence-electron chi connectivity index (χ1n) is 9.23. The summed E-state index contributed by atoms with van der Waals surface area (Å²) >= 11 is 0. The number of aldehydes is 2. The molecule has 0 aliphatic heterocycles. The lowest BCUT2D eigenvalue weighted by atomic mass is 10.2. The molecule has 0 heterocycles. The van der Waals surface area contributed by atoms with Crippen LogP contribution in [0.3, 0.4) is 0 Å². The molecule has 0 saturated heterocycles. The molecule has 2 rings (SSSR count). The fourth-order valence-electron chi connectivity index (χ4n) is 2.70. The summed E-state index contributed by atoms with van der Waals surface area (Å²) in [6, 6.07) is 15.3. The number of rotatable bonds is 8. The molecule has 0 aliphatic rings. The van der Waals surface area contributed by atoms with Crippen molar-refractivity contribution < 1.29 is 9.59 Å². The second-order valence-corrected chi connectivity index (χ2v) is 5.76. The normalized spacial score (nSPS) is 9.69. The van der Waals surface area contributed by atoms with Crippen molar-refractivity contribution in [3.8, 4) is 0 Å². The maximum absolute atomic E-state index is 10.4. The van der Waals surface area contributed by atoms with Crippen LogP contribution in [0.2, 0.25) is 0 Å². The predicted molar refractivity (Wildman–Crippen MR) is 111 cm³/mol. The fraction of sp³-hybridized carbons (Fsp3) is 0.364. The highest BCUT2D eigenvalue weighted by Crippen LogP contribution is 2.14. The van der Waals surface area contributed by atoms with Crippen molar-refractivity contribution in [2.45, 2.75) is 27.7 Å². The van der Waals surface area contributed by atoms with Crippen molar-refractivity contribution in [1.29, 1.82) is 0 Å². The summed E-state index contributed by atoms with van der Waals surface area (Å²) in [6.07, 6.45) is 1.73. The van der Waals surface area contributed by atoms with Crippen LogP contribution in [0.25, 0.3) is 0 Å². The van der Waals surface area contributed by atoms with Crippen LogP contribution in [0.5, 0.6) is 0 Å². The lowest BCUT2D eigenvalue weighted by Crippen LogP contribution is -2.21. The minimum absolute atomic E-state index is 0.732. The van der Waals surface area contributed by atoms with E-state index in [2.05, 4.69) is 37.5 Å². The van der Waals surface area contributed by atoms with Crippen molar-refractivity contribution in [2.75, 3.05) is 36.0 Å². The van der Waals surface area contributed by atoms with Crippen LogP contribution in [0, 0.1) is 0 Å². The zero-order valence-electron chi connectivity index (χ0n) is 16.3. The Morgan fingerprint density at radius 3 is 1.04 bits per heavy atom. The van der Waals surface area contributed by atoms with Crippen molar-refractivity contribution in [1.82, 2.24) is 0 Å². The molecule has 140 valence electrons. The number of hydrogen-bond acceptors (Lipinski definition) is 4. The average Bonchev–Trinajstić information content (AvgIpc) is 2.71. The van der Waals surface area contributed by atoms with Gasteiger partial charge in [0.15, 0.2) is 0 Å². The standard InChI is InChI=1S/2C11H15NO/c2*1-3-12(4-2)11-7-5-10(9-13)6-8-11/h2*5-9H,3-4H2,1-2H3. The van der Waals surface area contributed by atoms with E-state index in [1.807, 2.05) is 48.5 Å². The minimum Gasteiger partial charge on any atom is -0.372 e.